The maximum absolute atomic E-state index is 13.1. The molecule has 10 heteroatoms. The third-order valence-electron chi connectivity index (χ3n) is 14.4. The van der Waals surface area contributed by atoms with Crippen molar-refractivity contribution in [3.05, 3.63) is 225 Å². The fourth-order valence-corrected chi connectivity index (χ4v) is 11.2. The molecule has 0 radical (unpaired) electrons. The van der Waals surface area contributed by atoms with Crippen LogP contribution in [0.5, 0.6) is 23.3 Å². The number of aromatic nitrogens is 2. The molecule has 0 aliphatic heterocycles. The number of aliphatic imine (C=N–C) groups is 2. The second kappa shape index (κ2) is 19.1. The van der Waals surface area contributed by atoms with Gasteiger partial charge >= 0.3 is 12.3 Å². The van der Waals surface area contributed by atoms with Gasteiger partial charge in [-0.3, -0.25) is 9.98 Å². The Bertz CT molecular complexity index is 2990. The summed E-state index contributed by atoms with van der Waals surface area (Å²) in [5.41, 5.74) is 11.2. The SMILES string of the molecule is C/C=C1\C2C=C(C)CC1(N=Cc1ccccc1)c1ccc(OC(=O)Oc3ccc(C(C)(C)c4ccc(OC(=O)Oc5ccc6c(n5)CC5C=C(C)CC6(N=Cc6ccccc6)/C5=C/C)cc4)cc3)nc1C2. The topological polar surface area (TPSA) is 122 Å². The first-order valence-electron chi connectivity index (χ1n) is 24.3. The first-order valence-corrected chi connectivity index (χ1v) is 24.3. The molecule has 0 amide bonds. The molecule has 4 aliphatic rings. The predicted octanol–water partition coefficient (Wildman–Crippen LogP) is 13.5. The Labute approximate surface area is 415 Å². The van der Waals surface area contributed by atoms with Crippen LogP contribution in [0.2, 0.25) is 0 Å². The molecule has 0 saturated heterocycles. The van der Waals surface area contributed by atoms with Crippen LogP contribution in [0.4, 0.5) is 9.59 Å². The van der Waals surface area contributed by atoms with E-state index < -0.39 is 28.8 Å². The molecule has 4 atom stereocenters. The third kappa shape index (κ3) is 9.18. The van der Waals surface area contributed by atoms with E-state index in [1.165, 1.54) is 22.3 Å². The third-order valence-corrected chi connectivity index (χ3v) is 14.4. The second-order valence-corrected chi connectivity index (χ2v) is 19.4. The molecule has 356 valence electrons. The number of allylic oxidation sites excluding steroid dienone is 4. The largest absolute Gasteiger partial charge is 0.520 e. The van der Waals surface area contributed by atoms with Crippen molar-refractivity contribution in [2.75, 3.05) is 0 Å². The molecule has 4 aliphatic carbocycles. The molecule has 10 nitrogen and oxygen atoms in total. The quantitative estimate of drug-likeness (QED) is 0.0576. The molecule has 71 heavy (non-hydrogen) atoms. The zero-order valence-electron chi connectivity index (χ0n) is 40.9. The lowest BCUT2D eigenvalue weighted by molar-refractivity contribution is 0.148. The van der Waals surface area contributed by atoms with Gasteiger partial charge in [0.1, 0.15) is 22.6 Å². The highest BCUT2D eigenvalue weighted by Gasteiger charge is 2.48. The smallest absolute Gasteiger partial charge is 0.395 e. The molecule has 4 unspecified atom stereocenters. The van der Waals surface area contributed by atoms with Crippen LogP contribution in [0.15, 0.2) is 190 Å². The van der Waals surface area contributed by atoms with Crippen LogP contribution < -0.4 is 18.9 Å². The highest BCUT2D eigenvalue weighted by Crippen LogP contribution is 2.54. The van der Waals surface area contributed by atoms with E-state index in [4.69, 9.17) is 38.9 Å². The Kier molecular flexibility index (Phi) is 12.6. The number of hydrogen-bond acceptors (Lipinski definition) is 10. The summed E-state index contributed by atoms with van der Waals surface area (Å²) in [6.07, 6.45) is 14.0. The minimum atomic E-state index is -0.880. The summed E-state index contributed by atoms with van der Waals surface area (Å²) in [6, 6.07) is 42.2. The Morgan fingerprint density at radius 1 is 0.549 bits per heavy atom. The number of benzene rings is 4. The summed E-state index contributed by atoms with van der Waals surface area (Å²) in [6.45, 7) is 12.7. The van der Waals surface area contributed by atoms with Gasteiger partial charge in [-0.05, 0) is 97.5 Å². The molecule has 0 saturated carbocycles. The van der Waals surface area contributed by atoms with Crippen molar-refractivity contribution in [2.24, 2.45) is 21.8 Å². The Morgan fingerprint density at radius 2 is 0.944 bits per heavy atom. The second-order valence-electron chi connectivity index (χ2n) is 19.4. The van der Waals surface area contributed by atoms with Gasteiger partial charge in [0, 0.05) is 78.6 Å². The minimum Gasteiger partial charge on any atom is -0.395 e. The van der Waals surface area contributed by atoms with Crippen molar-refractivity contribution in [2.45, 2.75) is 83.7 Å². The number of hydrogen-bond donors (Lipinski definition) is 0. The predicted molar refractivity (Wildman–Crippen MR) is 277 cm³/mol. The molecule has 0 N–H and O–H groups in total. The van der Waals surface area contributed by atoms with Gasteiger partial charge in [0.05, 0.1) is 11.4 Å². The van der Waals surface area contributed by atoms with Crippen molar-refractivity contribution in [1.82, 2.24) is 9.97 Å². The summed E-state index contributed by atoms with van der Waals surface area (Å²) in [5.74, 6) is 1.29. The molecule has 2 heterocycles. The minimum absolute atomic E-state index is 0.141. The number of nitrogens with zero attached hydrogens (tertiary/aromatic N) is 4. The van der Waals surface area contributed by atoms with E-state index in [1.807, 2.05) is 109 Å². The molecule has 0 spiro atoms. The summed E-state index contributed by atoms with van der Waals surface area (Å²) in [5, 5.41) is 0. The van der Waals surface area contributed by atoms with Gasteiger partial charge in [-0.15, -0.1) is 0 Å². The van der Waals surface area contributed by atoms with Crippen LogP contribution in [0.1, 0.15) is 99.2 Å². The fourth-order valence-electron chi connectivity index (χ4n) is 11.2. The maximum atomic E-state index is 13.1. The van der Waals surface area contributed by atoms with Crippen molar-refractivity contribution in [1.29, 1.82) is 0 Å². The van der Waals surface area contributed by atoms with Crippen LogP contribution >= 0.6 is 0 Å². The van der Waals surface area contributed by atoms with E-state index in [1.54, 1.807) is 36.4 Å². The van der Waals surface area contributed by atoms with Crippen LogP contribution in [0.3, 0.4) is 0 Å². The Balaban J connectivity index is 0.770. The van der Waals surface area contributed by atoms with Crippen molar-refractivity contribution in [3.8, 4) is 23.3 Å². The summed E-state index contributed by atoms with van der Waals surface area (Å²) >= 11 is 0. The molecule has 4 aromatic carbocycles. The summed E-state index contributed by atoms with van der Waals surface area (Å²) in [7, 11) is 0. The van der Waals surface area contributed by atoms with Gasteiger partial charge < -0.3 is 18.9 Å². The number of fused-ring (bicyclic) bond motifs is 8. The average molecular weight is 941 g/mol. The van der Waals surface area contributed by atoms with Crippen molar-refractivity contribution in [3.63, 3.8) is 0 Å². The zero-order valence-corrected chi connectivity index (χ0v) is 40.9. The standard InChI is InChI=1S/C61H56N4O6/c1-7-49-43-31-39(3)35-60(49,62-37-41-15-11-9-12-16-41)51-27-29-55(64-53(51)33-43)70-57(66)68-47-23-19-45(20-24-47)59(5,6)46-21-25-48(26-22-46)69-58(67)71-56-30-28-52-54(65-56)34-44-32-40(4)36-61(52,50(44)8-2)63-38-42-17-13-10-14-18-42/h7-32,37-38,43-44H,33-36H2,1-6H3/b49-7+,50-8+,62-37?,63-38?. The van der Waals surface area contributed by atoms with Gasteiger partial charge in [0.2, 0.25) is 11.8 Å². The number of carbonyl (C=O) groups is 2. The lowest BCUT2D eigenvalue weighted by Gasteiger charge is -2.45. The van der Waals surface area contributed by atoms with Gasteiger partial charge in [-0.25, -0.2) is 19.6 Å². The molecule has 10 rings (SSSR count). The lowest BCUT2D eigenvalue weighted by atomic mass is 9.63. The highest BCUT2D eigenvalue weighted by molar-refractivity contribution is 5.81. The molecule has 4 bridgehead atoms. The maximum Gasteiger partial charge on any atom is 0.520 e. The van der Waals surface area contributed by atoms with Crippen LogP contribution in [0.25, 0.3) is 0 Å². The first-order chi connectivity index (χ1) is 34.3. The van der Waals surface area contributed by atoms with Gasteiger partial charge in [-0.2, -0.15) is 0 Å². The molecule has 6 aromatic rings. The van der Waals surface area contributed by atoms with E-state index in [-0.39, 0.29) is 23.6 Å². The average Bonchev–Trinajstić information content (AvgIpc) is 3.35. The van der Waals surface area contributed by atoms with Crippen LogP contribution in [-0.2, 0) is 29.3 Å². The van der Waals surface area contributed by atoms with E-state index >= 15 is 0 Å². The Hall–Kier alpha value is -7.98. The number of pyridine rings is 2. The molecule has 2 aromatic heterocycles. The monoisotopic (exact) mass is 940 g/mol. The fraction of sp³-hybridized carbons (Fsp3) is 0.246. The zero-order chi connectivity index (χ0) is 49.3. The van der Waals surface area contributed by atoms with Crippen LogP contribution in [0, 0.1) is 11.8 Å². The van der Waals surface area contributed by atoms with Crippen molar-refractivity contribution < 1.29 is 28.5 Å². The van der Waals surface area contributed by atoms with Crippen LogP contribution in [-0.4, -0.2) is 34.7 Å². The lowest BCUT2D eigenvalue weighted by Crippen LogP contribution is -2.40. The van der Waals surface area contributed by atoms with E-state index in [0.29, 0.717) is 24.3 Å². The number of ether oxygens (including phenoxy) is 4. The molecule has 0 fully saturated rings. The number of carbonyl (C=O) groups excluding carboxylic acids is 2. The molecular formula is C61H56N4O6. The number of rotatable bonds is 10. The first kappa shape index (κ1) is 46.7. The van der Waals surface area contributed by atoms with Gasteiger partial charge in [0.25, 0.3) is 0 Å². The van der Waals surface area contributed by atoms with Gasteiger partial charge in [-0.1, -0.05) is 134 Å². The van der Waals surface area contributed by atoms with E-state index in [0.717, 1.165) is 57.6 Å². The highest BCUT2D eigenvalue weighted by atomic mass is 16.7. The normalized spacial score (nSPS) is 22.3. The van der Waals surface area contributed by atoms with Crippen molar-refractivity contribution >= 4 is 24.7 Å². The Morgan fingerprint density at radius 3 is 1.32 bits per heavy atom. The summed E-state index contributed by atoms with van der Waals surface area (Å²) in [4.78, 5) is 46.5. The van der Waals surface area contributed by atoms with E-state index in [2.05, 4.69) is 65.8 Å². The van der Waals surface area contributed by atoms with E-state index in [9.17, 15) is 9.59 Å². The van der Waals surface area contributed by atoms with Gasteiger partial charge in [0.15, 0.2) is 0 Å². The molecular weight excluding hydrogens is 885 g/mol. The summed E-state index contributed by atoms with van der Waals surface area (Å²) < 4.78 is 22.6.